The number of nitrogens with one attached hydrogen (secondary N) is 2. The van der Waals surface area contributed by atoms with Gasteiger partial charge in [-0.1, -0.05) is 86.3 Å². The van der Waals surface area contributed by atoms with Crippen molar-refractivity contribution in [2.24, 2.45) is 5.92 Å². The zero-order valence-corrected chi connectivity index (χ0v) is 20.5. The highest BCUT2D eigenvalue weighted by Gasteiger charge is 2.22. The summed E-state index contributed by atoms with van der Waals surface area (Å²) in [5, 5.41) is 12.6. The second-order valence-electron chi connectivity index (χ2n) is 8.48. The smallest absolute Gasteiger partial charge is 0.232 e. The molecule has 34 heavy (non-hydrogen) atoms. The van der Waals surface area contributed by atoms with Gasteiger partial charge in [0.25, 0.3) is 0 Å². The number of fused-ring (bicyclic) bond motifs is 1. The molecule has 2 N–H and O–H groups in total. The lowest BCUT2D eigenvalue weighted by molar-refractivity contribution is -0.121. The molecule has 0 unspecified atom stereocenters. The maximum absolute atomic E-state index is 13.3. The number of benzene rings is 2. The summed E-state index contributed by atoms with van der Waals surface area (Å²) >= 11 is 1.50. The Labute approximate surface area is 204 Å². The molecule has 2 aromatic carbocycles. The largest absolute Gasteiger partial charge is 0.369 e. The Hall–Kier alpha value is -3.39. The van der Waals surface area contributed by atoms with E-state index in [1.165, 1.54) is 11.8 Å². The Balaban J connectivity index is 1.50. The molecule has 2 aromatic heterocycles. The molecule has 0 fully saturated rings. The number of nitrogens with zero attached hydrogens (tertiary/aromatic N) is 4. The second-order valence-corrected chi connectivity index (χ2v) is 9.26. The van der Waals surface area contributed by atoms with Crippen LogP contribution in [0.3, 0.4) is 0 Å². The molecule has 0 spiro atoms. The van der Waals surface area contributed by atoms with Gasteiger partial charge in [0.15, 0.2) is 10.8 Å². The van der Waals surface area contributed by atoms with Crippen molar-refractivity contribution < 1.29 is 4.79 Å². The molecule has 0 bridgehead atoms. The second kappa shape index (κ2) is 11.2. The van der Waals surface area contributed by atoms with E-state index in [-0.39, 0.29) is 11.8 Å². The number of anilines is 1. The van der Waals surface area contributed by atoms with Gasteiger partial charge in [0.2, 0.25) is 5.91 Å². The van der Waals surface area contributed by atoms with Crippen molar-refractivity contribution >= 4 is 34.5 Å². The van der Waals surface area contributed by atoms with E-state index in [4.69, 9.17) is 0 Å². The van der Waals surface area contributed by atoms with Crippen molar-refractivity contribution in [2.75, 3.05) is 24.7 Å². The first-order valence-corrected chi connectivity index (χ1v) is 12.7. The summed E-state index contributed by atoms with van der Waals surface area (Å²) in [5.74, 6) is 0.892. The van der Waals surface area contributed by atoms with Crippen LogP contribution in [0.2, 0.25) is 0 Å². The average Bonchev–Trinajstić information content (AvgIpc) is 3.27. The number of rotatable bonds is 10. The van der Waals surface area contributed by atoms with E-state index in [0.29, 0.717) is 24.2 Å². The van der Waals surface area contributed by atoms with Crippen molar-refractivity contribution in [1.82, 2.24) is 25.1 Å². The SMILES string of the molecule is CSc1nc(NCC(C)C)c2cnn(CCNC(=O)C(c3ccccc3)c3ccccc3)c2n1. The monoisotopic (exact) mass is 474 g/mol. The van der Waals surface area contributed by atoms with E-state index in [0.717, 1.165) is 34.5 Å². The van der Waals surface area contributed by atoms with Gasteiger partial charge >= 0.3 is 0 Å². The maximum atomic E-state index is 13.3. The summed E-state index contributed by atoms with van der Waals surface area (Å²) in [6, 6.07) is 19.7. The maximum Gasteiger partial charge on any atom is 0.232 e. The van der Waals surface area contributed by atoms with Crippen molar-refractivity contribution in [3.63, 3.8) is 0 Å². The molecule has 8 heteroatoms. The van der Waals surface area contributed by atoms with E-state index in [1.807, 2.05) is 71.6 Å². The molecular formula is C26H30N6OS. The molecule has 4 aromatic rings. The van der Waals surface area contributed by atoms with Crippen LogP contribution in [0.5, 0.6) is 0 Å². The molecule has 0 radical (unpaired) electrons. The summed E-state index contributed by atoms with van der Waals surface area (Å²) in [7, 11) is 0. The van der Waals surface area contributed by atoms with Crippen LogP contribution in [0.4, 0.5) is 5.82 Å². The van der Waals surface area contributed by atoms with Gasteiger partial charge in [-0.3, -0.25) is 4.79 Å². The fourth-order valence-corrected chi connectivity index (χ4v) is 4.16. The van der Waals surface area contributed by atoms with E-state index in [9.17, 15) is 4.79 Å². The quantitative estimate of drug-likeness (QED) is 0.259. The van der Waals surface area contributed by atoms with Gasteiger partial charge in [-0.25, -0.2) is 14.6 Å². The molecule has 0 aliphatic carbocycles. The van der Waals surface area contributed by atoms with Gasteiger partial charge in [-0.05, 0) is 23.3 Å². The fourth-order valence-electron chi connectivity index (χ4n) is 3.80. The molecular weight excluding hydrogens is 444 g/mol. The normalized spacial score (nSPS) is 11.3. The molecule has 0 aliphatic heterocycles. The van der Waals surface area contributed by atoms with Crippen molar-refractivity contribution in [2.45, 2.75) is 31.5 Å². The van der Waals surface area contributed by atoms with Gasteiger partial charge in [0.1, 0.15) is 5.82 Å². The number of thioether (sulfide) groups is 1. The van der Waals surface area contributed by atoms with Crippen LogP contribution in [0.1, 0.15) is 30.9 Å². The van der Waals surface area contributed by atoms with Gasteiger partial charge in [-0.2, -0.15) is 5.10 Å². The summed E-state index contributed by atoms with van der Waals surface area (Å²) in [6.07, 6.45) is 3.75. The molecule has 0 atom stereocenters. The Kier molecular flexibility index (Phi) is 7.80. The number of hydrogen-bond donors (Lipinski definition) is 2. The zero-order chi connectivity index (χ0) is 23.9. The summed E-state index contributed by atoms with van der Waals surface area (Å²) in [6.45, 7) is 6.09. The van der Waals surface area contributed by atoms with E-state index >= 15 is 0 Å². The van der Waals surface area contributed by atoms with E-state index < -0.39 is 0 Å². The molecule has 2 heterocycles. The third-order valence-electron chi connectivity index (χ3n) is 5.49. The van der Waals surface area contributed by atoms with Gasteiger partial charge in [-0.15, -0.1) is 0 Å². The standard InChI is InChI=1S/C26H30N6OS/c1-18(2)16-28-23-21-17-29-32(24(21)31-26(30-23)34-3)15-14-27-25(33)22(19-10-6-4-7-11-19)20-12-8-5-9-13-20/h4-13,17-18,22H,14-16H2,1-3H3,(H,27,33)(H,28,30,31). The summed E-state index contributed by atoms with van der Waals surface area (Å²) in [5.41, 5.74) is 2.70. The highest BCUT2D eigenvalue weighted by Crippen LogP contribution is 2.25. The predicted molar refractivity (Wildman–Crippen MR) is 138 cm³/mol. The first-order valence-electron chi connectivity index (χ1n) is 11.5. The van der Waals surface area contributed by atoms with Crippen molar-refractivity contribution in [1.29, 1.82) is 0 Å². The minimum atomic E-state index is -0.367. The third-order valence-corrected chi connectivity index (χ3v) is 6.03. The lowest BCUT2D eigenvalue weighted by Crippen LogP contribution is -2.32. The van der Waals surface area contributed by atoms with Crippen LogP contribution < -0.4 is 10.6 Å². The van der Waals surface area contributed by atoms with Crippen molar-refractivity contribution in [3.05, 3.63) is 78.0 Å². The lowest BCUT2D eigenvalue weighted by Gasteiger charge is -2.18. The molecule has 176 valence electrons. The zero-order valence-electron chi connectivity index (χ0n) is 19.7. The number of carbonyl (C=O) groups is 1. The van der Waals surface area contributed by atoms with Crippen LogP contribution in [0, 0.1) is 5.92 Å². The molecule has 0 aliphatic rings. The number of aromatic nitrogens is 4. The Bertz CT molecular complexity index is 1190. The van der Waals surface area contributed by atoms with Crippen molar-refractivity contribution in [3.8, 4) is 0 Å². The van der Waals surface area contributed by atoms with Crippen LogP contribution >= 0.6 is 11.8 Å². The fraction of sp³-hybridized carbons (Fsp3) is 0.308. The van der Waals surface area contributed by atoms with Crippen LogP contribution in [0.25, 0.3) is 11.0 Å². The van der Waals surface area contributed by atoms with Gasteiger partial charge in [0, 0.05) is 13.1 Å². The molecule has 0 saturated carbocycles. The minimum Gasteiger partial charge on any atom is -0.369 e. The van der Waals surface area contributed by atoms with E-state index in [1.54, 1.807) is 6.20 Å². The predicted octanol–water partition coefficient (Wildman–Crippen LogP) is 4.56. The Morgan fingerprint density at radius 3 is 2.24 bits per heavy atom. The highest BCUT2D eigenvalue weighted by molar-refractivity contribution is 7.98. The number of hydrogen-bond acceptors (Lipinski definition) is 6. The molecule has 1 amide bonds. The van der Waals surface area contributed by atoms with E-state index in [2.05, 4.69) is 39.5 Å². The molecule has 0 saturated heterocycles. The number of carbonyl (C=O) groups excluding carboxylic acids is 1. The summed E-state index contributed by atoms with van der Waals surface area (Å²) < 4.78 is 1.83. The molecule has 7 nitrogen and oxygen atoms in total. The van der Waals surface area contributed by atoms with Crippen LogP contribution in [-0.2, 0) is 11.3 Å². The minimum absolute atomic E-state index is 0.0346. The number of amides is 1. The third kappa shape index (κ3) is 5.56. The topological polar surface area (TPSA) is 84.7 Å². The first kappa shape index (κ1) is 23.8. The van der Waals surface area contributed by atoms with Crippen LogP contribution in [-0.4, -0.2) is 45.0 Å². The Morgan fingerprint density at radius 2 is 1.65 bits per heavy atom. The van der Waals surface area contributed by atoms with Crippen LogP contribution in [0.15, 0.2) is 72.0 Å². The van der Waals surface area contributed by atoms with Gasteiger partial charge in [0.05, 0.1) is 24.0 Å². The van der Waals surface area contributed by atoms with Gasteiger partial charge < -0.3 is 10.6 Å². The average molecular weight is 475 g/mol. The summed E-state index contributed by atoms with van der Waals surface area (Å²) in [4.78, 5) is 22.6. The first-order chi connectivity index (χ1) is 16.6. The molecule has 4 rings (SSSR count). The highest BCUT2D eigenvalue weighted by atomic mass is 32.2. The Morgan fingerprint density at radius 1 is 1.00 bits per heavy atom. The lowest BCUT2D eigenvalue weighted by atomic mass is 9.90.